The second-order valence-corrected chi connectivity index (χ2v) is 7.19. The van der Waals surface area contributed by atoms with Crippen LogP contribution >= 0.6 is 0 Å². The number of hydrogen-bond acceptors (Lipinski definition) is 2. The van der Waals surface area contributed by atoms with Crippen molar-refractivity contribution < 1.29 is 4.79 Å². The molecule has 0 saturated heterocycles. The van der Waals surface area contributed by atoms with Crippen molar-refractivity contribution in [3.8, 4) is 11.1 Å². The zero-order valence-electron chi connectivity index (χ0n) is 14.7. The van der Waals surface area contributed by atoms with Gasteiger partial charge in [-0.25, -0.2) is 0 Å². The molecule has 0 aliphatic heterocycles. The molecule has 0 radical (unpaired) electrons. The van der Waals surface area contributed by atoms with E-state index in [2.05, 4.69) is 58.8 Å². The summed E-state index contributed by atoms with van der Waals surface area (Å²) in [5.74, 6) is 0.0867. The minimum atomic E-state index is -0.161. The van der Waals surface area contributed by atoms with Crippen LogP contribution in [0.4, 0.5) is 0 Å². The Kier molecular flexibility index (Phi) is 3.85. The van der Waals surface area contributed by atoms with Crippen LogP contribution in [-0.2, 0) is 10.3 Å². The zero-order valence-corrected chi connectivity index (χ0v) is 14.7. The molecule has 2 aromatic carbocycles. The molecule has 2 N–H and O–H groups in total. The quantitative estimate of drug-likeness (QED) is 0.751. The van der Waals surface area contributed by atoms with Gasteiger partial charge in [-0.3, -0.25) is 4.79 Å². The van der Waals surface area contributed by atoms with E-state index in [1.807, 2.05) is 25.2 Å². The van der Waals surface area contributed by atoms with Gasteiger partial charge in [0.05, 0.1) is 12.1 Å². The first-order valence-corrected chi connectivity index (χ1v) is 8.70. The number of nitrogens with one attached hydrogen (secondary N) is 2. The molecule has 0 unspecified atom stereocenters. The Balaban J connectivity index is 1.58. The number of H-pyrrole nitrogens is 1. The van der Waals surface area contributed by atoms with Gasteiger partial charge in [0.15, 0.2) is 0 Å². The molecule has 4 rings (SSSR count). The smallest absolute Gasteiger partial charge is 0.234 e. The standard InChI is InChI=1S/C21H23N3O/c1-24(2)14-20(25)23-21(11-12-21)16-8-6-15(7-9-16)17-4-3-5-19-18(17)10-13-22-19/h3-10,13,22H,11-12,14H2,1-2H3,(H,23,25). The average molecular weight is 333 g/mol. The summed E-state index contributed by atoms with van der Waals surface area (Å²) in [6.07, 6.45) is 4.00. The highest BCUT2D eigenvalue weighted by molar-refractivity contribution is 5.95. The minimum Gasteiger partial charge on any atom is -0.361 e. The van der Waals surface area contributed by atoms with E-state index in [9.17, 15) is 4.79 Å². The van der Waals surface area contributed by atoms with Gasteiger partial charge >= 0.3 is 0 Å². The molecule has 0 spiro atoms. The van der Waals surface area contributed by atoms with Crippen LogP contribution in [0.2, 0.25) is 0 Å². The Bertz CT molecular complexity index is 904. The van der Waals surface area contributed by atoms with Gasteiger partial charge in [0, 0.05) is 17.1 Å². The summed E-state index contributed by atoms with van der Waals surface area (Å²) in [7, 11) is 3.82. The Labute approximate surface area is 147 Å². The van der Waals surface area contributed by atoms with E-state index in [1.165, 1.54) is 22.1 Å². The SMILES string of the molecule is CN(C)CC(=O)NC1(c2ccc(-c3cccc4[nH]ccc34)cc2)CC1. The second-order valence-electron chi connectivity index (χ2n) is 7.19. The van der Waals surface area contributed by atoms with Crippen LogP contribution in [0.5, 0.6) is 0 Å². The van der Waals surface area contributed by atoms with Gasteiger partial charge < -0.3 is 15.2 Å². The molecule has 1 fully saturated rings. The van der Waals surface area contributed by atoms with Crippen molar-refractivity contribution in [1.29, 1.82) is 0 Å². The largest absolute Gasteiger partial charge is 0.361 e. The van der Waals surface area contributed by atoms with E-state index in [4.69, 9.17) is 0 Å². The van der Waals surface area contributed by atoms with Crippen LogP contribution in [0.25, 0.3) is 22.0 Å². The van der Waals surface area contributed by atoms with Gasteiger partial charge in [0.25, 0.3) is 0 Å². The lowest BCUT2D eigenvalue weighted by molar-refractivity contribution is -0.122. The number of aromatic amines is 1. The molecule has 1 saturated carbocycles. The maximum Gasteiger partial charge on any atom is 0.234 e. The summed E-state index contributed by atoms with van der Waals surface area (Å²) < 4.78 is 0. The van der Waals surface area contributed by atoms with Gasteiger partial charge in [-0.05, 0) is 55.8 Å². The summed E-state index contributed by atoms with van der Waals surface area (Å²) in [4.78, 5) is 17.3. The van der Waals surface area contributed by atoms with Crippen LogP contribution in [0, 0.1) is 0 Å². The molecule has 0 atom stereocenters. The number of carbonyl (C=O) groups excluding carboxylic acids is 1. The van der Waals surface area contributed by atoms with Gasteiger partial charge in [-0.1, -0.05) is 36.4 Å². The number of amides is 1. The molecule has 4 heteroatoms. The summed E-state index contributed by atoms with van der Waals surface area (Å²) in [5, 5.41) is 4.45. The molecule has 0 bridgehead atoms. The number of rotatable bonds is 5. The van der Waals surface area contributed by atoms with Gasteiger partial charge in [0.1, 0.15) is 0 Å². The van der Waals surface area contributed by atoms with Gasteiger partial charge in [0.2, 0.25) is 5.91 Å². The first kappa shape index (κ1) is 15.9. The zero-order chi connectivity index (χ0) is 17.4. The molecule has 4 nitrogen and oxygen atoms in total. The summed E-state index contributed by atoms with van der Waals surface area (Å²) in [6.45, 7) is 0.426. The highest BCUT2D eigenvalue weighted by atomic mass is 16.2. The topological polar surface area (TPSA) is 48.1 Å². The third-order valence-electron chi connectivity index (χ3n) is 4.93. The van der Waals surface area contributed by atoms with Crippen molar-refractivity contribution in [2.24, 2.45) is 0 Å². The van der Waals surface area contributed by atoms with Crippen molar-refractivity contribution in [2.75, 3.05) is 20.6 Å². The number of nitrogens with zero attached hydrogens (tertiary/aromatic N) is 1. The Hall–Kier alpha value is -2.59. The number of fused-ring (bicyclic) bond motifs is 1. The van der Waals surface area contributed by atoms with Crippen molar-refractivity contribution in [3.05, 3.63) is 60.3 Å². The van der Waals surface area contributed by atoms with Crippen LogP contribution < -0.4 is 5.32 Å². The molecule has 128 valence electrons. The van der Waals surface area contributed by atoms with Crippen molar-refractivity contribution in [3.63, 3.8) is 0 Å². The lowest BCUT2D eigenvalue weighted by Crippen LogP contribution is -2.40. The first-order chi connectivity index (χ1) is 12.1. The first-order valence-electron chi connectivity index (χ1n) is 8.70. The Morgan fingerprint density at radius 2 is 1.88 bits per heavy atom. The molecule has 1 amide bonds. The van der Waals surface area contributed by atoms with Gasteiger partial charge in [-0.15, -0.1) is 0 Å². The van der Waals surface area contributed by atoms with E-state index in [-0.39, 0.29) is 11.4 Å². The molecular formula is C21H23N3O. The average Bonchev–Trinajstić information content (AvgIpc) is 3.19. The molecular weight excluding hydrogens is 310 g/mol. The fourth-order valence-electron chi connectivity index (χ4n) is 3.51. The number of benzene rings is 2. The lowest BCUT2D eigenvalue weighted by atomic mass is 9.97. The summed E-state index contributed by atoms with van der Waals surface area (Å²) >= 11 is 0. The highest BCUT2D eigenvalue weighted by Gasteiger charge is 2.45. The number of likely N-dealkylation sites (N-methyl/N-ethyl adjacent to an activating group) is 1. The second kappa shape index (κ2) is 6.05. The maximum absolute atomic E-state index is 12.1. The Morgan fingerprint density at radius 1 is 1.12 bits per heavy atom. The van der Waals surface area contributed by atoms with Crippen molar-refractivity contribution in [2.45, 2.75) is 18.4 Å². The third kappa shape index (κ3) is 3.05. The summed E-state index contributed by atoms with van der Waals surface area (Å²) in [5.41, 5.74) is 4.61. The molecule has 1 aromatic heterocycles. The van der Waals surface area contributed by atoms with E-state index in [1.54, 1.807) is 0 Å². The normalized spacial score (nSPS) is 15.5. The fourth-order valence-corrected chi connectivity index (χ4v) is 3.51. The molecule has 1 aliphatic carbocycles. The Morgan fingerprint density at radius 3 is 2.56 bits per heavy atom. The number of carbonyl (C=O) groups is 1. The van der Waals surface area contributed by atoms with E-state index < -0.39 is 0 Å². The summed E-state index contributed by atoms with van der Waals surface area (Å²) in [6, 6.07) is 17.1. The van der Waals surface area contributed by atoms with E-state index in [0.717, 1.165) is 18.4 Å². The van der Waals surface area contributed by atoms with Crippen LogP contribution in [-0.4, -0.2) is 36.4 Å². The number of aromatic nitrogens is 1. The fraction of sp³-hybridized carbons (Fsp3) is 0.286. The molecule has 1 heterocycles. The highest BCUT2D eigenvalue weighted by Crippen LogP contribution is 2.46. The number of hydrogen-bond donors (Lipinski definition) is 2. The molecule has 3 aromatic rings. The van der Waals surface area contributed by atoms with Gasteiger partial charge in [-0.2, -0.15) is 0 Å². The van der Waals surface area contributed by atoms with E-state index in [0.29, 0.717) is 6.54 Å². The van der Waals surface area contributed by atoms with E-state index >= 15 is 0 Å². The predicted molar refractivity (Wildman–Crippen MR) is 101 cm³/mol. The van der Waals surface area contributed by atoms with Crippen LogP contribution in [0.3, 0.4) is 0 Å². The lowest BCUT2D eigenvalue weighted by Gasteiger charge is -2.20. The molecule has 1 aliphatic rings. The van der Waals surface area contributed by atoms with Crippen LogP contribution in [0.15, 0.2) is 54.7 Å². The third-order valence-corrected chi connectivity index (χ3v) is 4.93. The van der Waals surface area contributed by atoms with Crippen molar-refractivity contribution >= 4 is 16.8 Å². The predicted octanol–water partition coefficient (Wildman–Crippen LogP) is 3.50. The monoisotopic (exact) mass is 333 g/mol. The molecule has 25 heavy (non-hydrogen) atoms. The van der Waals surface area contributed by atoms with Crippen LogP contribution in [0.1, 0.15) is 18.4 Å². The van der Waals surface area contributed by atoms with Crippen molar-refractivity contribution in [1.82, 2.24) is 15.2 Å². The maximum atomic E-state index is 12.1. The minimum absolute atomic E-state index is 0.0867.